The molecule has 5 nitrogen and oxygen atoms in total. The summed E-state index contributed by atoms with van der Waals surface area (Å²) in [5, 5.41) is 3.89. The largest absolute Gasteiger partial charge is 0.458 e. The molecule has 0 unspecified atom stereocenters. The lowest BCUT2D eigenvalue weighted by molar-refractivity contribution is -0.137. The van der Waals surface area contributed by atoms with E-state index >= 15 is 0 Å². The highest BCUT2D eigenvalue weighted by Gasteiger charge is 2.34. The van der Waals surface area contributed by atoms with Gasteiger partial charge in [-0.1, -0.05) is 12.1 Å². The molecule has 0 amide bonds. The van der Waals surface area contributed by atoms with Gasteiger partial charge in [-0.15, -0.1) is 0 Å². The Labute approximate surface area is 147 Å². The Kier molecular flexibility index (Phi) is 4.84. The molecule has 138 valence electrons. The Bertz CT molecular complexity index is 884. The van der Waals surface area contributed by atoms with E-state index < -0.39 is 28.8 Å². The molecule has 1 aliphatic carbocycles. The number of benzene rings is 1. The van der Waals surface area contributed by atoms with Crippen molar-refractivity contribution < 1.29 is 22.7 Å². The average Bonchev–Trinajstić information content (AvgIpc) is 3.07. The van der Waals surface area contributed by atoms with E-state index in [1.54, 1.807) is 0 Å². The van der Waals surface area contributed by atoms with Crippen LogP contribution in [-0.2, 0) is 10.9 Å². The van der Waals surface area contributed by atoms with Crippen molar-refractivity contribution in [2.45, 2.75) is 44.9 Å². The fourth-order valence-electron chi connectivity index (χ4n) is 3.04. The maximum Gasteiger partial charge on any atom is 0.418 e. The number of ether oxygens (including phenoxy) is 1. The summed E-state index contributed by atoms with van der Waals surface area (Å²) in [6.07, 6.45) is -1.59. The molecule has 0 aliphatic heterocycles. The van der Waals surface area contributed by atoms with Crippen molar-refractivity contribution in [1.29, 1.82) is 0 Å². The molecular weight excluding hydrogens is 349 g/mol. The molecule has 1 aliphatic rings. The van der Waals surface area contributed by atoms with E-state index in [-0.39, 0.29) is 17.5 Å². The van der Waals surface area contributed by atoms with Gasteiger partial charge in [0, 0.05) is 11.8 Å². The second-order valence-corrected chi connectivity index (χ2v) is 6.24. The summed E-state index contributed by atoms with van der Waals surface area (Å²) in [4.78, 5) is 24.4. The number of aromatic nitrogens is 2. The number of halogens is 3. The van der Waals surface area contributed by atoms with Crippen LogP contribution in [0, 0.1) is 6.92 Å². The topological polar surface area (TPSA) is 61.2 Å². The molecular formula is C18H17F3N2O3. The van der Waals surface area contributed by atoms with E-state index in [9.17, 15) is 22.8 Å². The van der Waals surface area contributed by atoms with Gasteiger partial charge in [-0.05, 0) is 44.7 Å². The average molecular weight is 366 g/mol. The first-order chi connectivity index (χ1) is 12.3. The monoisotopic (exact) mass is 366 g/mol. The van der Waals surface area contributed by atoms with Crippen molar-refractivity contribution in [3.05, 3.63) is 57.5 Å². The fourth-order valence-corrected chi connectivity index (χ4v) is 3.04. The van der Waals surface area contributed by atoms with E-state index in [4.69, 9.17) is 4.74 Å². The number of alkyl halides is 3. The van der Waals surface area contributed by atoms with E-state index in [1.165, 1.54) is 25.1 Å². The number of carbonyl (C=O) groups excluding carboxylic acids is 1. The maximum atomic E-state index is 13.3. The van der Waals surface area contributed by atoms with Crippen LogP contribution in [0.15, 0.2) is 35.1 Å². The van der Waals surface area contributed by atoms with Gasteiger partial charge in [0.05, 0.1) is 11.3 Å². The van der Waals surface area contributed by atoms with Gasteiger partial charge in [0.1, 0.15) is 6.10 Å². The first-order valence-corrected chi connectivity index (χ1v) is 8.26. The summed E-state index contributed by atoms with van der Waals surface area (Å²) in [6, 6.07) is 5.94. The van der Waals surface area contributed by atoms with Crippen molar-refractivity contribution in [3.63, 3.8) is 0 Å². The Balaban J connectivity index is 2.04. The Morgan fingerprint density at radius 2 is 1.88 bits per heavy atom. The summed E-state index contributed by atoms with van der Waals surface area (Å²) < 4.78 is 46.1. The first kappa shape index (κ1) is 18.2. The zero-order valence-corrected chi connectivity index (χ0v) is 14.0. The summed E-state index contributed by atoms with van der Waals surface area (Å²) >= 11 is 0. The van der Waals surface area contributed by atoms with Gasteiger partial charge in [-0.3, -0.25) is 4.79 Å². The number of hydrogen-bond donors (Lipinski definition) is 0. The van der Waals surface area contributed by atoms with Crippen LogP contribution in [0.25, 0.3) is 5.69 Å². The molecule has 0 spiro atoms. The molecule has 0 radical (unpaired) electrons. The van der Waals surface area contributed by atoms with Gasteiger partial charge in [0.15, 0.2) is 0 Å². The van der Waals surface area contributed by atoms with Gasteiger partial charge in [0.2, 0.25) is 11.1 Å². The molecule has 1 aromatic heterocycles. The van der Waals surface area contributed by atoms with Crippen LogP contribution >= 0.6 is 0 Å². The Morgan fingerprint density at radius 1 is 1.23 bits per heavy atom. The van der Waals surface area contributed by atoms with Gasteiger partial charge in [-0.2, -0.15) is 18.3 Å². The maximum absolute atomic E-state index is 13.3. The lowest BCUT2D eigenvalue weighted by Gasteiger charge is -2.17. The first-order valence-electron chi connectivity index (χ1n) is 8.26. The highest BCUT2D eigenvalue weighted by Crippen LogP contribution is 2.33. The quantitative estimate of drug-likeness (QED) is 0.778. The normalized spacial score (nSPS) is 15.2. The number of aryl methyl sites for hydroxylation is 1. The van der Waals surface area contributed by atoms with Crippen molar-refractivity contribution >= 4 is 5.97 Å². The van der Waals surface area contributed by atoms with Crippen LogP contribution in [0.5, 0.6) is 0 Å². The van der Waals surface area contributed by atoms with Crippen LogP contribution in [-0.4, -0.2) is 21.9 Å². The summed E-state index contributed by atoms with van der Waals surface area (Å²) in [5.41, 5.74) is -2.17. The minimum absolute atomic E-state index is 0.184. The number of esters is 1. The lowest BCUT2D eigenvalue weighted by Crippen LogP contribution is -2.27. The van der Waals surface area contributed by atoms with Crippen LogP contribution in [0.4, 0.5) is 13.2 Å². The molecule has 1 saturated carbocycles. The van der Waals surface area contributed by atoms with Crippen LogP contribution in [0.1, 0.15) is 47.4 Å². The molecule has 3 rings (SSSR count). The molecule has 1 aromatic carbocycles. The minimum Gasteiger partial charge on any atom is -0.458 e. The molecule has 2 aromatic rings. The highest BCUT2D eigenvalue weighted by molar-refractivity contribution is 5.87. The third kappa shape index (κ3) is 3.63. The molecule has 0 N–H and O–H groups in total. The molecule has 1 heterocycles. The molecule has 26 heavy (non-hydrogen) atoms. The Morgan fingerprint density at radius 3 is 2.54 bits per heavy atom. The van der Waals surface area contributed by atoms with Gasteiger partial charge in [0.25, 0.3) is 0 Å². The third-order valence-electron chi connectivity index (χ3n) is 4.31. The van der Waals surface area contributed by atoms with Crippen LogP contribution < -0.4 is 5.43 Å². The number of para-hydroxylation sites is 1. The summed E-state index contributed by atoms with van der Waals surface area (Å²) in [7, 11) is 0. The SMILES string of the molecule is Cc1cc(=O)c(C(=O)OC2CCCC2)nn1-c1ccccc1C(F)(F)F. The third-order valence-corrected chi connectivity index (χ3v) is 4.31. The summed E-state index contributed by atoms with van der Waals surface area (Å²) in [5.74, 6) is -0.903. The second-order valence-electron chi connectivity index (χ2n) is 6.24. The van der Waals surface area contributed by atoms with Gasteiger partial charge < -0.3 is 4.74 Å². The van der Waals surface area contributed by atoms with E-state index in [0.717, 1.165) is 29.7 Å². The van der Waals surface area contributed by atoms with Crippen LogP contribution in [0.2, 0.25) is 0 Å². The van der Waals surface area contributed by atoms with Crippen molar-refractivity contribution in [1.82, 2.24) is 9.78 Å². The standard InChI is InChI=1S/C18H17F3N2O3/c1-11-10-15(24)16(17(25)26-12-6-2-3-7-12)22-23(11)14-9-5-4-8-13(14)18(19,20)21/h4-5,8-10,12H,2-3,6-7H2,1H3. The highest BCUT2D eigenvalue weighted by atomic mass is 19.4. The molecule has 0 bridgehead atoms. The zero-order chi connectivity index (χ0) is 18.9. The summed E-state index contributed by atoms with van der Waals surface area (Å²) in [6.45, 7) is 1.45. The second kappa shape index (κ2) is 6.93. The molecule has 0 atom stereocenters. The fraction of sp³-hybridized carbons (Fsp3) is 0.389. The van der Waals surface area contributed by atoms with Crippen molar-refractivity contribution in [3.8, 4) is 5.69 Å². The smallest absolute Gasteiger partial charge is 0.418 e. The van der Waals surface area contributed by atoms with E-state index in [2.05, 4.69) is 5.10 Å². The predicted molar refractivity (Wildman–Crippen MR) is 87.2 cm³/mol. The molecule has 1 fully saturated rings. The zero-order valence-electron chi connectivity index (χ0n) is 14.0. The van der Waals surface area contributed by atoms with Crippen LogP contribution in [0.3, 0.4) is 0 Å². The molecule has 0 saturated heterocycles. The number of nitrogens with zero attached hydrogens (tertiary/aromatic N) is 2. The molecule has 8 heteroatoms. The van der Waals surface area contributed by atoms with Gasteiger partial charge in [-0.25, -0.2) is 9.48 Å². The lowest BCUT2D eigenvalue weighted by atomic mass is 10.1. The number of rotatable bonds is 3. The number of carbonyl (C=O) groups is 1. The minimum atomic E-state index is -4.60. The van der Waals surface area contributed by atoms with E-state index in [0.29, 0.717) is 12.8 Å². The van der Waals surface area contributed by atoms with Crippen molar-refractivity contribution in [2.75, 3.05) is 0 Å². The number of hydrogen-bond acceptors (Lipinski definition) is 4. The van der Waals surface area contributed by atoms with E-state index in [1.807, 2.05) is 0 Å². The van der Waals surface area contributed by atoms with Gasteiger partial charge >= 0.3 is 12.1 Å². The predicted octanol–water partition coefficient (Wildman–Crippen LogP) is 3.66. The van der Waals surface area contributed by atoms with Crippen molar-refractivity contribution in [2.24, 2.45) is 0 Å². The Hall–Kier alpha value is -2.64.